The normalized spacial score (nSPS) is 30.7. The second-order valence-corrected chi connectivity index (χ2v) is 3.84. The Balaban J connectivity index is 2.21. The van der Waals surface area contributed by atoms with Crippen LogP contribution in [0, 0.1) is 11.8 Å². The second-order valence-electron chi connectivity index (χ2n) is 3.84. The SMILES string of the molecule is CCCCC1C=CC(C)CC1. The smallest absolute Gasteiger partial charge is 0.0233 e. The lowest BCUT2D eigenvalue weighted by Gasteiger charge is -2.19. The fraction of sp³-hybridized carbons (Fsp3) is 0.818. The van der Waals surface area contributed by atoms with Crippen molar-refractivity contribution in [2.45, 2.75) is 46.0 Å². The maximum absolute atomic E-state index is 2.43. The molecular weight excluding hydrogens is 132 g/mol. The third-order valence-corrected chi connectivity index (χ3v) is 2.63. The number of rotatable bonds is 3. The molecule has 1 aliphatic carbocycles. The van der Waals surface area contributed by atoms with E-state index in [1.54, 1.807) is 0 Å². The highest BCUT2D eigenvalue weighted by Crippen LogP contribution is 2.25. The van der Waals surface area contributed by atoms with E-state index in [-0.39, 0.29) is 0 Å². The van der Waals surface area contributed by atoms with E-state index >= 15 is 0 Å². The molecule has 1 rings (SSSR count). The Kier molecular flexibility index (Phi) is 3.68. The Morgan fingerprint density at radius 3 is 2.64 bits per heavy atom. The van der Waals surface area contributed by atoms with E-state index in [1.807, 2.05) is 0 Å². The minimum atomic E-state index is 0.841. The number of hydrogen-bond acceptors (Lipinski definition) is 0. The molecule has 0 spiro atoms. The molecule has 0 N–H and O–H groups in total. The van der Waals surface area contributed by atoms with Crippen LogP contribution in [-0.2, 0) is 0 Å². The monoisotopic (exact) mass is 152 g/mol. The standard InChI is InChI=1S/C11H20/c1-3-4-5-11-8-6-10(2)7-9-11/h6,8,10-11H,3-5,7,9H2,1-2H3. The van der Waals surface area contributed by atoms with Gasteiger partial charge >= 0.3 is 0 Å². The maximum atomic E-state index is 2.43. The first-order valence-corrected chi connectivity index (χ1v) is 5.01. The molecule has 0 fully saturated rings. The fourth-order valence-corrected chi connectivity index (χ4v) is 1.72. The fourth-order valence-electron chi connectivity index (χ4n) is 1.72. The first-order chi connectivity index (χ1) is 5.33. The molecule has 1 aliphatic rings. The van der Waals surface area contributed by atoms with Crippen LogP contribution in [0.3, 0.4) is 0 Å². The van der Waals surface area contributed by atoms with Crippen molar-refractivity contribution in [2.75, 3.05) is 0 Å². The second kappa shape index (κ2) is 4.58. The van der Waals surface area contributed by atoms with Gasteiger partial charge in [0.25, 0.3) is 0 Å². The van der Waals surface area contributed by atoms with Gasteiger partial charge in [-0.3, -0.25) is 0 Å². The van der Waals surface area contributed by atoms with Gasteiger partial charge < -0.3 is 0 Å². The van der Waals surface area contributed by atoms with E-state index in [1.165, 1.54) is 32.1 Å². The summed E-state index contributed by atoms with van der Waals surface area (Å²) in [7, 11) is 0. The van der Waals surface area contributed by atoms with Crippen molar-refractivity contribution in [3.05, 3.63) is 12.2 Å². The van der Waals surface area contributed by atoms with Gasteiger partial charge in [-0.15, -0.1) is 0 Å². The predicted molar refractivity (Wildman–Crippen MR) is 50.6 cm³/mol. The molecule has 0 heteroatoms. The van der Waals surface area contributed by atoms with Crippen LogP contribution in [0.1, 0.15) is 46.0 Å². The molecule has 0 saturated heterocycles. The van der Waals surface area contributed by atoms with E-state index in [0.29, 0.717) is 0 Å². The molecule has 0 aromatic rings. The molecule has 0 heterocycles. The van der Waals surface area contributed by atoms with Crippen molar-refractivity contribution in [1.82, 2.24) is 0 Å². The molecule has 11 heavy (non-hydrogen) atoms. The van der Waals surface area contributed by atoms with Gasteiger partial charge in [0.2, 0.25) is 0 Å². The third kappa shape index (κ3) is 3.09. The van der Waals surface area contributed by atoms with Gasteiger partial charge in [0.05, 0.1) is 0 Å². The van der Waals surface area contributed by atoms with E-state index in [2.05, 4.69) is 26.0 Å². The Morgan fingerprint density at radius 1 is 1.27 bits per heavy atom. The molecule has 0 saturated carbocycles. The largest absolute Gasteiger partial charge is 0.0854 e. The molecule has 0 radical (unpaired) electrons. The molecule has 64 valence electrons. The van der Waals surface area contributed by atoms with Gasteiger partial charge in [0.1, 0.15) is 0 Å². The lowest BCUT2D eigenvalue weighted by atomic mass is 9.87. The zero-order chi connectivity index (χ0) is 8.10. The van der Waals surface area contributed by atoms with Crippen molar-refractivity contribution in [2.24, 2.45) is 11.8 Å². The molecular formula is C11H20. The number of unbranched alkanes of at least 4 members (excludes halogenated alkanes) is 1. The minimum absolute atomic E-state index is 0.841. The average molecular weight is 152 g/mol. The van der Waals surface area contributed by atoms with Crippen molar-refractivity contribution in [1.29, 1.82) is 0 Å². The summed E-state index contributed by atoms with van der Waals surface area (Å²) >= 11 is 0. The lowest BCUT2D eigenvalue weighted by Crippen LogP contribution is -2.05. The van der Waals surface area contributed by atoms with E-state index in [9.17, 15) is 0 Å². The first kappa shape index (κ1) is 8.83. The molecule has 0 aromatic heterocycles. The van der Waals surface area contributed by atoms with Crippen LogP contribution in [0.25, 0.3) is 0 Å². The van der Waals surface area contributed by atoms with Crippen LogP contribution in [0.15, 0.2) is 12.2 Å². The summed E-state index contributed by atoms with van der Waals surface area (Å²) in [6, 6.07) is 0. The molecule has 0 aliphatic heterocycles. The molecule has 2 unspecified atom stereocenters. The summed E-state index contributed by atoms with van der Waals surface area (Å²) in [5.41, 5.74) is 0. The van der Waals surface area contributed by atoms with Gasteiger partial charge in [0, 0.05) is 0 Å². The number of hydrogen-bond donors (Lipinski definition) is 0. The van der Waals surface area contributed by atoms with E-state index in [4.69, 9.17) is 0 Å². The van der Waals surface area contributed by atoms with Crippen molar-refractivity contribution in [3.63, 3.8) is 0 Å². The molecule has 0 bridgehead atoms. The summed E-state index contributed by atoms with van der Waals surface area (Å²) in [5, 5.41) is 0. The van der Waals surface area contributed by atoms with Crippen molar-refractivity contribution >= 4 is 0 Å². The highest BCUT2D eigenvalue weighted by atomic mass is 14.2. The van der Waals surface area contributed by atoms with Gasteiger partial charge in [0.15, 0.2) is 0 Å². The third-order valence-electron chi connectivity index (χ3n) is 2.63. The van der Waals surface area contributed by atoms with Crippen LogP contribution in [0.5, 0.6) is 0 Å². The van der Waals surface area contributed by atoms with Crippen LogP contribution < -0.4 is 0 Å². The van der Waals surface area contributed by atoms with E-state index in [0.717, 1.165) is 11.8 Å². The zero-order valence-electron chi connectivity index (χ0n) is 7.84. The Bertz CT molecular complexity index is 124. The van der Waals surface area contributed by atoms with Crippen LogP contribution in [0.4, 0.5) is 0 Å². The minimum Gasteiger partial charge on any atom is -0.0854 e. The summed E-state index contributed by atoms with van der Waals surface area (Å²) < 4.78 is 0. The number of allylic oxidation sites excluding steroid dienone is 2. The molecule has 2 atom stereocenters. The van der Waals surface area contributed by atoms with Gasteiger partial charge in [-0.25, -0.2) is 0 Å². The van der Waals surface area contributed by atoms with E-state index < -0.39 is 0 Å². The molecule has 0 aromatic carbocycles. The maximum Gasteiger partial charge on any atom is -0.0233 e. The summed E-state index contributed by atoms with van der Waals surface area (Å²) in [6.07, 6.45) is 11.8. The zero-order valence-corrected chi connectivity index (χ0v) is 7.84. The highest BCUT2D eigenvalue weighted by molar-refractivity contribution is 4.96. The quantitative estimate of drug-likeness (QED) is 0.540. The Labute approximate surface area is 70.7 Å². The van der Waals surface area contributed by atoms with Crippen LogP contribution >= 0.6 is 0 Å². The summed E-state index contributed by atoms with van der Waals surface area (Å²) in [6.45, 7) is 4.59. The average Bonchev–Trinajstić information content (AvgIpc) is 2.04. The van der Waals surface area contributed by atoms with Gasteiger partial charge in [-0.1, -0.05) is 38.8 Å². The first-order valence-electron chi connectivity index (χ1n) is 5.01. The summed E-state index contributed by atoms with van der Waals surface area (Å²) in [5.74, 6) is 1.75. The lowest BCUT2D eigenvalue weighted by molar-refractivity contribution is 0.441. The van der Waals surface area contributed by atoms with Crippen molar-refractivity contribution in [3.8, 4) is 0 Å². The Morgan fingerprint density at radius 2 is 2.09 bits per heavy atom. The molecule has 0 nitrogen and oxygen atoms in total. The predicted octanol–water partition coefficient (Wildman–Crippen LogP) is 3.78. The summed E-state index contributed by atoms with van der Waals surface area (Å²) in [4.78, 5) is 0. The van der Waals surface area contributed by atoms with Crippen LogP contribution in [0.2, 0.25) is 0 Å². The topological polar surface area (TPSA) is 0 Å². The van der Waals surface area contributed by atoms with Crippen LogP contribution in [-0.4, -0.2) is 0 Å². The van der Waals surface area contributed by atoms with Gasteiger partial charge in [-0.05, 0) is 31.1 Å². The van der Waals surface area contributed by atoms with Gasteiger partial charge in [-0.2, -0.15) is 0 Å². The highest BCUT2D eigenvalue weighted by Gasteiger charge is 2.11. The van der Waals surface area contributed by atoms with Crippen molar-refractivity contribution < 1.29 is 0 Å². The Hall–Kier alpha value is -0.260. The molecule has 0 amide bonds.